The lowest BCUT2D eigenvalue weighted by molar-refractivity contribution is -0.143. The summed E-state index contributed by atoms with van der Waals surface area (Å²) in [4.78, 5) is 11.5. The Hall–Kier alpha value is -0.970. The van der Waals surface area contributed by atoms with Crippen LogP contribution in [0.2, 0.25) is 0 Å². The van der Waals surface area contributed by atoms with Gasteiger partial charge in [0, 0.05) is 37.6 Å². The second kappa shape index (κ2) is 20.1. The Kier molecular flexibility index (Phi) is 19.3. The van der Waals surface area contributed by atoms with Gasteiger partial charge in [0.25, 0.3) is 0 Å². The third-order valence-electron chi connectivity index (χ3n) is 3.36. The van der Waals surface area contributed by atoms with Crippen molar-refractivity contribution in [2.75, 3.05) is 25.2 Å². The van der Waals surface area contributed by atoms with Crippen molar-refractivity contribution in [3.63, 3.8) is 0 Å². The predicted molar refractivity (Wildman–Crippen MR) is 103 cm³/mol. The lowest BCUT2D eigenvalue weighted by atomic mass is 10.1. The fourth-order valence-electron chi connectivity index (χ4n) is 2.01. The van der Waals surface area contributed by atoms with Gasteiger partial charge in [0.2, 0.25) is 0 Å². The molecule has 3 nitrogen and oxygen atoms in total. The van der Waals surface area contributed by atoms with E-state index in [4.69, 9.17) is 15.9 Å². The number of carbonyl (C=O) groups excluding carboxylic acids is 1. The van der Waals surface area contributed by atoms with Crippen molar-refractivity contribution in [1.82, 2.24) is 0 Å². The summed E-state index contributed by atoms with van der Waals surface area (Å²) in [5.41, 5.74) is 0. The second-order valence-electron chi connectivity index (χ2n) is 5.55. The predicted octanol–water partition coefficient (Wildman–Crippen LogP) is 4.87. The van der Waals surface area contributed by atoms with Gasteiger partial charge in [0.05, 0.1) is 6.61 Å². The molecule has 0 bridgehead atoms. The molecule has 0 aliphatic carbocycles. The maximum Gasteiger partial charge on any atom is 0.305 e. The number of ether oxygens (including phenoxy) is 2. The summed E-state index contributed by atoms with van der Waals surface area (Å²) in [7, 11) is 0. The molecule has 0 atom stereocenters. The van der Waals surface area contributed by atoms with Gasteiger partial charge >= 0.3 is 5.97 Å². The third kappa shape index (κ3) is 19.1. The molecule has 4 heteroatoms. The summed E-state index contributed by atoms with van der Waals surface area (Å²) in [6, 6.07) is 0. The van der Waals surface area contributed by atoms with Gasteiger partial charge in [-0.1, -0.05) is 41.1 Å². The lowest BCUT2D eigenvalue weighted by Gasteiger charge is -2.03. The van der Waals surface area contributed by atoms with E-state index < -0.39 is 0 Å². The number of terminal acetylenes is 1. The summed E-state index contributed by atoms with van der Waals surface area (Å²) in [6.07, 6.45) is 15.5. The van der Waals surface area contributed by atoms with E-state index in [1.165, 1.54) is 19.3 Å². The molecule has 0 amide bonds. The average Bonchev–Trinajstić information content (AvgIpc) is 2.59. The first kappa shape index (κ1) is 23.0. The molecule has 0 aliphatic rings. The van der Waals surface area contributed by atoms with Crippen LogP contribution in [-0.4, -0.2) is 31.1 Å². The average molecular weight is 399 g/mol. The van der Waals surface area contributed by atoms with Crippen LogP contribution in [0.25, 0.3) is 0 Å². The van der Waals surface area contributed by atoms with Crippen molar-refractivity contribution in [1.29, 1.82) is 0 Å². The first-order valence-electron chi connectivity index (χ1n) is 8.99. The van der Waals surface area contributed by atoms with E-state index in [1.54, 1.807) is 0 Å². The standard InChI is InChI=1S/C20H31BrO3/c1-2-3-17-23-18-13-10-11-15-20(22)24-19-14-9-7-5-4-6-8-12-16-21/h1H,3-6,8,10-19H2. The molecule has 0 spiro atoms. The lowest BCUT2D eigenvalue weighted by Crippen LogP contribution is -2.05. The molecule has 136 valence electrons. The van der Waals surface area contributed by atoms with Crippen LogP contribution in [0.3, 0.4) is 0 Å². The molecule has 0 N–H and O–H groups in total. The SMILES string of the molecule is C#CCCOCCCCCC(=O)OCCC#CCCCCCCBr. The topological polar surface area (TPSA) is 35.5 Å². The number of alkyl halides is 1. The molecular weight excluding hydrogens is 368 g/mol. The molecule has 0 rings (SSSR count). The number of hydrogen-bond donors (Lipinski definition) is 0. The van der Waals surface area contributed by atoms with Crippen molar-refractivity contribution in [3.8, 4) is 24.2 Å². The number of hydrogen-bond acceptors (Lipinski definition) is 3. The molecule has 0 heterocycles. The summed E-state index contributed by atoms with van der Waals surface area (Å²) in [5, 5.41) is 1.09. The van der Waals surface area contributed by atoms with Gasteiger partial charge in [-0.3, -0.25) is 4.79 Å². The molecule has 0 fully saturated rings. The smallest absolute Gasteiger partial charge is 0.305 e. The fraction of sp³-hybridized carbons (Fsp3) is 0.750. The van der Waals surface area contributed by atoms with Crippen LogP contribution in [0.4, 0.5) is 0 Å². The van der Waals surface area contributed by atoms with Crippen LogP contribution in [0.15, 0.2) is 0 Å². The van der Waals surface area contributed by atoms with Crippen LogP contribution in [0.5, 0.6) is 0 Å². The van der Waals surface area contributed by atoms with Gasteiger partial charge in [-0.05, 0) is 25.7 Å². The first-order valence-corrected chi connectivity index (χ1v) is 10.1. The second-order valence-corrected chi connectivity index (χ2v) is 6.35. The Morgan fingerprint density at radius 2 is 1.58 bits per heavy atom. The maximum absolute atomic E-state index is 11.5. The van der Waals surface area contributed by atoms with Crippen LogP contribution in [-0.2, 0) is 14.3 Å². The summed E-state index contributed by atoms with van der Waals surface area (Å²) < 4.78 is 10.5. The highest BCUT2D eigenvalue weighted by atomic mass is 79.9. The Labute approximate surface area is 156 Å². The molecule has 0 aromatic rings. The third-order valence-corrected chi connectivity index (χ3v) is 3.92. The van der Waals surface area contributed by atoms with Crippen LogP contribution < -0.4 is 0 Å². The van der Waals surface area contributed by atoms with E-state index in [9.17, 15) is 4.79 Å². The molecule has 24 heavy (non-hydrogen) atoms. The van der Waals surface area contributed by atoms with Crippen LogP contribution in [0, 0.1) is 24.2 Å². The molecule has 0 saturated carbocycles. The Balaban J connectivity index is 3.28. The van der Waals surface area contributed by atoms with Crippen LogP contribution in [0.1, 0.15) is 70.6 Å². The summed E-state index contributed by atoms with van der Waals surface area (Å²) in [6.45, 7) is 1.74. The monoisotopic (exact) mass is 398 g/mol. The van der Waals surface area contributed by atoms with Crippen molar-refractivity contribution in [2.45, 2.75) is 70.6 Å². The normalized spacial score (nSPS) is 9.83. The number of rotatable bonds is 15. The minimum atomic E-state index is -0.125. The Morgan fingerprint density at radius 1 is 0.833 bits per heavy atom. The first-order chi connectivity index (χ1) is 11.8. The van der Waals surface area contributed by atoms with Crippen molar-refractivity contribution in [2.24, 2.45) is 0 Å². The number of esters is 1. The molecule has 0 radical (unpaired) electrons. The largest absolute Gasteiger partial charge is 0.465 e. The molecule has 0 aromatic carbocycles. The number of unbranched alkanes of at least 4 members (excludes halogenated alkanes) is 6. The van der Waals surface area contributed by atoms with Gasteiger partial charge < -0.3 is 9.47 Å². The molecule has 0 unspecified atom stereocenters. The zero-order valence-electron chi connectivity index (χ0n) is 14.8. The minimum absolute atomic E-state index is 0.125. The molecule has 0 aliphatic heterocycles. The maximum atomic E-state index is 11.5. The zero-order chi connectivity index (χ0) is 17.7. The van der Waals surface area contributed by atoms with Gasteiger partial charge in [-0.25, -0.2) is 0 Å². The minimum Gasteiger partial charge on any atom is -0.465 e. The van der Waals surface area contributed by atoms with Crippen molar-refractivity contribution >= 4 is 21.9 Å². The van der Waals surface area contributed by atoms with Crippen LogP contribution >= 0.6 is 15.9 Å². The van der Waals surface area contributed by atoms with Gasteiger partial charge in [0.1, 0.15) is 6.61 Å². The Bertz CT molecular complexity index is 390. The quantitative estimate of drug-likeness (QED) is 0.171. The molecule has 0 saturated heterocycles. The molecular formula is C20H31BrO3. The van der Waals surface area contributed by atoms with E-state index in [2.05, 4.69) is 33.7 Å². The molecule has 0 aromatic heterocycles. The number of halogens is 1. The van der Waals surface area contributed by atoms with E-state index in [0.717, 1.165) is 37.4 Å². The Morgan fingerprint density at radius 3 is 2.38 bits per heavy atom. The van der Waals surface area contributed by atoms with E-state index >= 15 is 0 Å². The summed E-state index contributed by atoms with van der Waals surface area (Å²) in [5.74, 6) is 8.61. The van der Waals surface area contributed by atoms with E-state index in [-0.39, 0.29) is 5.97 Å². The van der Waals surface area contributed by atoms with E-state index in [0.29, 0.717) is 39.1 Å². The highest BCUT2D eigenvalue weighted by molar-refractivity contribution is 9.09. The summed E-state index contributed by atoms with van der Waals surface area (Å²) >= 11 is 3.43. The highest BCUT2D eigenvalue weighted by Gasteiger charge is 2.01. The number of carbonyl (C=O) groups is 1. The van der Waals surface area contributed by atoms with E-state index in [1.807, 2.05) is 0 Å². The van der Waals surface area contributed by atoms with Crippen molar-refractivity contribution in [3.05, 3.63) is 0 Å². The van der Waals surface area contributed by atoms with Gasteiger partial charge in [-0.15, -0.1) is 18.3 Å². The van der Waals surface area contributed by atoms with Gasteiger partial charge in [0.15, 0.2) is 0 Å². The van der Waals surface area contributed by atoms with Crippen molar-refractivity contribution < 1.29 is 14.3 Å². The zero-order valence-corrected chi connectivity index (χ0v) is 16.4. The highest BCUT2D eigenvalue weighted by Crippen LogP contribution is 2.04. The fourth-order valence-corrected chi connectivity index (χ4v) is 2.41. The van der Waals surface area contributed by atoms with Gasteiger partial charge in [-0.2, -0.15) is 0 Å².